The van der Waals surface area contributed by atoms with Crippen LogP contribution >= 0.6 is 0 Å². The molecule has 0 aliphatic carbocycles. The van der Waals surface area contributed by atoms with Gasteiger partial charge in [0.25, 0.3) is 0 Å². The van der Waals surface area contributed by atoms with Gasteiger partial charge in [-0.15, -0.1) is 0 Å². The Morgan fingerprint density at radius 1 is 1.00 bits per heavy atom. The van der Waals surface area contributed by atoms with E-state index < -0.39 is 24.5 Å². The largest absolute Gasteiger partial charge is 0.454 e. The molecule has 1 aliphatic heterocycles. The Hall–Kier alpha value is -2.51. The van der Waals surface area contributed by atoms with Crippen molar-refractivity contribution in [2.24, 2.45) is 0 Å². The smallest absolute Gasteiger partial charge is 0.336 e. The summed E-state index contributed by atoms with van der Waals surface area (Å²) < 4.78 is 28.4. The summed E-state index contributed by atoms with van der Waals surface area (Å²) >= 11 is 0. The number of ether oxygens (including phenoxy) is 5. The molecule has 1 fully saturated rings. The van der Waals surface area contributed by atoms with Crippen molar-refractivity contribution in [1.82, 2.24) is 0 Å². The van der Waals surface area contributed by atoms with Crippen molar-refractivity contribution >= 4 is 5.97 Å². The van der Waals surface area contributed by atoms with Crippen molar-refractivity contribution in [3.8, 4) is 0 Å². The van der Waals surface area contributed by atoms with Crippen molar-refractivity contribution in [3.63, 3.8) is 0 Å². The molecular formula is C25H30O6. The first-order chi connectivity index (χ1) is 15.2. The lowest BCUT2D eigenvalue weighted by Gasteiger charge is -2.22. The second kappa shape index (κ2) is 13.0. The molecule has 0 spiro atoms. The first kappa shape index (κ1) is 23.2. The number of carbonyl (C=O) groups excluding carboxylic acids is 1. The van der Waals surface area contributed by atoms with E-state index in [1.165, 1.54) is 0 Å². The highest BCUT2D eigenvalue weighted by molar-refractivity contribution is 5.75. The Morgan fingerprint density at radius 2 is 1.61 bits per heavy atom. The predicted octanol–water partition coefficient (Wildman–Crippen LogP) is 4.04. The molecule has 0 bridgehead atoms. The molecule has 31 heavy (non-hydrogen) atoms. The highest BCUT2D eigenvalue weighted by Gasteiger charge is 2.30. The fraction of sp³-hybridized carbons (Fsp3) is 0.400. The summed E-state index contributed by atoms with van der Waals surface area (Å²) in [5, 5.41) is 0. The molecule has 0 aromatic heterocycles. The zero-order valence-electron chi connectivity index (χ0n) is 17.9. The van der Waals surface area contributed by atoms with Gasteiger partial charge in [0, 0.05) is 6.42 Å². The zero-order chi connectivity index (χ0) is 21.7. The molecule has 1 aliphatic rings. The van der Waals surface area contributed by atoms with Crippen LogP contribution < -0.4 is 0 Å². The van der Waals surface area contributed by atoms with Crippen LogP contribution in [0.1, 0.15) is 24.5 Å². The highest BCUT2D eigenvalue weighted by atomic mass is 16.7. The molecule has 2 unspecified atom stereocenters. The molecule has 2 aromatic carbocycles. The van der Waals surface area contributed by atoms with Crippen molar-refractivity contribution in [2.75, 3.05) is 19.8 Å². The number of benzene rings is 2. The molecule has 1 heterocycles. The van der Waals surface area contributed by atoms with Gasteiger partial charge in [-0.05, 0) is 24.1 Å². The van der Waals surface area contributed by atoms with E-state index in [0.29, 0.717) is 26.4 Å². The van der Waals surface area contributed by atoms with Crippen LogP contribution in [-0.4, -0.2) is 44.3 Å². The van der Waals surface area contributed by atoms with Crippen LogP contribution in [0.5, 0.6) is 0 Å². The second-order valence-corrected chi connectivity index (χ2v) is 7.19. The van der Waals surface area contributed by atoms with Gasteiger partial charge in [0.1, 0.15) is 6.10 Å². The third-order valence-corrected chi connectivity index (χ3v) is 4.72. The number of rotatable bonds is 12. The SMILES string of the molecule is C/C=C/C(COCc1ccccc1)OC(=O)C(CC1OCCO1)OCc1ccccc1. The molecule has 2 atom stereocenters. The Morgan fingerprint density at radius 3 is 2.23 bits per heavy atom. The van der Waals surface area contributed by atoms with Gasteiger partial charge in [-0.2, -0.15) is 0 Å². The number of carbonyl (C=O) groups is 1. The summed E-state index contributed by atoms with van der Waals surface area (Å²) in [6.07, 6.45) is 2.15. The molecule has 166 valence electrons. The Balaban J connectivity index is 1.55. The molecular weight excluding hydrogens is 396 g/mol. The molecule has 0 radical (unpaired) electrons. The first-order valence-corrected chi connectivity index (χ1v) is 10.6. The first-order valence-electron chi connectivity index (χ1n) is 10.6. The molecule has 6 nitrogen and oxygen atoms in total. The van der Waals surface area contributed by atoms with Crippen LogP contribution in [0.3, 0.4) is 0 Å². The van der Waals surface area contributed by atoms with Crippen LogP contribution in [0.4, 0.5) is 0 Å². The van der Waals surface area contributed by atoms with Crippen LogP contribution in [0.15, 0.2) is 72.8 Å². The van der Waals surface area contributed by atoms with E-state index in [1.54, 1.807) is 6.08 Å². The maximum atomic E-state index is 12.9. The van der Waals surface area contributed by atoms with Crippen LogP contribution in [0.2, 0.25) is 0 Å². The third kappa shape index (κ3) is 8.26. The molecule has 6 heteroatoms. The standard InChI is InChI=1S/C25H30O6/c1-2-9-22(19-27-17-20-10-5-3-6-11-20)31-25(26)23(16-24-28-14-15-29-24)30-18-21-12-7-4-8-13-21/h2-13,22-24H,14-19H2,1H3/b9-2+. The fourth-order valence-corrected chi connectivity index (χ4v) is 3.16. The quantitative estimate of drug-likeness (QED) is 0.377. The number of allylic oxidation sites excluding steroid dienone is 1. The van der Waals surface area contributed by atoms with Gasteiger partial charge in [-0.1, -0.05) is 66.7 Å². The van der Waals surface area contributed by atoms with Gasteiger partial charge >= 0.3 is 5.97 Å². The topological polar surface area (TPSA) is 63.2 Å². The van der Waals surface area contributed by atoms with Crippen molar-refractivity contribution in [2.45, 2.75) is 45.1 Å². The normalized spacial score (nSPS) is 16.4. The molecule has 0 amide bonds. The fourth-order valence-electron chi connectivity index (χ4n) is 3.16. The Bertz CT molecular complexity index is 786. The highest BCUT2D eigenvalue weighted by Crippen LogP contribution is 2.17. The predicted molar refractivity (Wildman–Crippen MR) is 116 cm³/mol. The summed E-state index contributed by atoms with van der Waals surface area (Å²) in [7, 11) is 0. The van der Waals surface area contributed by atoms with E-state index >= 15 is 0 Å². The van der Waals surface area contributed by atoms with Crippen molar-refractivity contribution in [3.05, 3.63) is 83.9 Å². The molecule has 0 N–H and O–H groups in total. The third-order valence-electron chi connectivity index (χ3n) is 4.72. The average Bonchev–Trinajstić information content (AvgIpc) is 3.31. The lowest BCUT2D eigenvalue weighted by Crippen LogP contribution is -2.34. The Labute approximate surface area is 183 Å². The summed E-state index contributed by atoms with van der Waals surface area (Å²) in [6.45, 7) is 3.91. The minimum atomic E-state index is -0.801. The van der Waals surface area contributed by atoms with Gasteiger partial charge < -0.3 is 23.7 Å². The van der Waals surface area contributed by atoms with Gasteiger partial charge in [0.15, 0.2) is 12.4 Å². The van der Waals surface area contributed by atoms with Gasteiger partial charge in [0.2, 0.25) is 0 Å². The number of esters is 1. The molecule has 1 saturated heterocycles. The summed E-state index contributed by atoms with van der Waals surface area (Å²) in [6, 6.07) is 19.6. The average molecular weight is 427 g/mol. The van der Waals surface area contributed by atoms with E-state index in [9.17, 15) is 4.79 Å². The summed E-state index contributed by atoms with van der Waals surface area (Å²) in [5.41, 5.74) is 2.04. The second-order valence-electron chi connectivity index (χ2n) is 7.19. The lowest BCUT2D eigenvalue weighted by atomic mass is 10.2. The zero-order valence-corrected chi connectivity index (χ0v) is 17.9. The van der Waals surface area contributed by atoms with Gasteiger partial charge in [0.05, 0.1) is 33.0 Å². The van der Waals surface area contributed by atoms with Crippen LogP contribution in [0.25, 0.3) is 0 Å². The number of hydrogen-bond donors (Lipinski definition) is 0. The van der Waals surface area contributed by atoms with Crippen molar-refractivity contribution in [1.29, 1.82) is 0 Å². The number of hydrogen-bond acceptors (Lipinski definition) is 6. The van der Waals surface area contributed by atoms with Crippen LogP contribution in [-0.2, 0) is 41.7 Å². The van der Waals surface area contributed by atoms with E-state index in [1.807, 2.05) is 73.7 Å². The Kier molecular flexibility index (Phi) is 9.73. The molecule has 2 aromatic rings. The van der Waals surface area contributed by atoms with Gasteiger partial charge in [-0.3, -0.25) is 0 Å². The minimum Gasteiger partial charge on any atom is -0.454 e. The van der Waals surface area contributed by atoms with E-state index in [-0.39, 0.29) is 13.0 Å². The van der Waals surface area contributed by atoms with E-state index in [0.717, 1.165) is 11.1 Å². The maximum absolute atomic E-state index is 12.9. The van der Waals surface area contributed by atoms with Gasteiger partial charge in [-0.25, -0.2) is 4.79 Å². The van der Waals surface area contributed by atoms with Crippen LogP contribution in [0, 0.1) is 0 Å². The van der Waals surface area contributed by atoms with E-state index in [4.69, 9.17) is 23.7 Å². The lowest BCUT2D eigenvalue weighted by molar-refractivity contribution is -0.170. The summed E-state index contributed by atoms with van der Waals surface area (Å²) in [5.74, 6) is -0.457. The maximum Gasteiger partial charge on any atom is 0.336 e. The minimum absolute atomic E-state index is 0.257. The van der Waals surface area contributed by atoms with E-state index in [2.05, 4.69) is 0 Å². The summed E-state index contributed by atoms with van der Waals surface area (Å²) in [4.78, 5) is 12.9. The molecule has 0 saturated carbocycles. The van der Waals surface area contributed by atoms with Crippen molar-refractivity contribution < 1.29 is 28.5 Å². The molecule has 3 rings (SSSR count). The monoisotopic (exact) mass is 426 g/mol.